The Hall–Kier alpha value is -1.75. The molecule has 1 fully saturated rings. The minimum Gasteiger partial charge on any atom is -0.497 e. The number of benzene rings is 1. The molecule has 0 radical (unpaired) electrons. The average Bonchev–Trinajstić information content (AvgIpc) is 2.32. The van der Waals surface area contributed by atoms with E-state index in [4.69, 9.17) is 14.6 Å². The zero-order valence-electron chi connectivity index (χ0n) is 10.5. The monoisotopic (exact) mass is 251 g/mol. The number of methoxy groups -OCH3 is 2. The molecular weight excluding hydrogens is 234 g/mol. The topological polar surface area (TPSA) is 59.0 Å². The van der Waals surface area contributed by atoms with Gasteiger partial charge in [0, 0.05) is 25.2 Å². The fourth-order valence-electron chi connectivity index (χ4n) is 2.10. The number of hydrogen-bond donors (Lipinski definition) is 1. The van der Waals surface area contributed by atoms with Crippen LogP contribution in [0.1, 0.15) is 5.56 Å². The van der Waals surface area contributed by atoms with Gasteiger partial charge in [-0.3, -0.25) is 9.69 Å². The number of rotatable bonds is 5. The molecule has 0 amide bonds. The van der Waals surface area contributed by atoms with Crippen LogP contribution >= 0.6 is 0 Å². The van der Waals surface area contributed by atoms with Gasteiger partial charge in [0.25, 0.3) is 0 Å². The Labute approximate surface area is 106 Å². The Morgan fingerprint density at radius 1 is 1.39 bits per heavy atom. The van der Waals surface area contributed by atoms with Crippen molar-refractivity contribution in [3.63, 3.8) is 0 Å². The summed E-state index contributed by atoms with van der Waals surface area (Å²) in [6, 6.07) is 5.63. The number of hydrogen-bond acceptors (Lipinski definition) is 4. The Bertz CT molecular complexity index is 441. The van der Waals surface area contributed by atoms with E-state index in [1.807, 2.05) is 18.2 Å². The highest BCUT2D eigenvalue weighted by molar-refractivity contribution is 5.71. The lowest BCUT2D eigenvalue weighted by Crippen LogP contribution is -2.49. The van der Waals surface area contributed by atoms with Crippen molar-refractivity contribution in [1.82, 2.24) is 4.90 Å². The van der Waals surface area contributed by atoms with Gasteiger partial charge < -0.3 is 14.6 Å². The molecule has 2 rings (SSSR count). The van der Waals surface area contributed by atoms with Crippen molar-refractivity contribution in [1.29, 1.82) is 0 Å². The van der Waals surface area contributed by atoms with Crippen molar-refractivity contribution >= 4 is 5.97 Å². The summed E-state index contributed by atoms with van der Waals surface area (Å²) in [6.07, 6.45) is 0. The normalized spacial score (nSPS) is 16.1. The van der Waals surface area contributed by atoms with E-state index < -0.39 is 5.97 Å². The summed E-state index contributed by atoms with van der Waals surface area (Å²) in [5.74, 6) is 0.626. The molecule has 0 bridgehead atoms. The van der Waals surface area contributed by atoms with Crippen LogP contribution in [0.2, 0.25) is 0 Å². The minimum atomic E-state index is -0.719. The molecule has 0 aliphatic carbocycles. The fourth-order valence-corrected chi connectivity index (χ4v) is 2.10. The van der Waals surface area contributed by atoms with Crippen LogP contribution in [0, 0.1) is 5.92 Å². The third-order valence-corrected chi connectivity index (χ3v) is 3.19. The van der Waals surface area contributed by atoms with Gasteiger partial charge in [-0.1, -0.05) is 0 Å². The molecule has 1 aromatic carbocycles. The van der Waals surface area contributed by atoms with Gasteiger partial charge in [0.1, 0.15) is 11.5 Å². The van der Waals surface area contributed by atoms with Gasteiger partial charge in [-0.15, -0.1) is 0 Å². The van der Waals surface area contributed by atoms with Crippen LogP contribution in [0.4, 0.5) is 0 Å². The summed E-state index contributed by atoms with van der Waals surface area (Å²) in [6.45, 7) is 1.87. The van der Waals surface area contributed by atoms with E-state index >= 15 is 0 Å². The Morgan fingerprint density at radius 2 is 2.11 bits per heavy atom. The Kier molecular flexibility index (Phi) is 3.72. The first-order valence-corrected chi connectivity index (χ1v) is 5.80. The first-order chi connectivity index (χ1) is 8.63. The zero-order valence-corrected chi connectivity index (χ0v) is 10.5. The van der Waals surface area contributed by atoms with Gasteiger partial charge in [-0.2, -0.15) is 0 Å². The molecule has 1 heterocycles. The molecule has 1 aliphatic heterocycles. The molecule has 0 aromatic heterocycles. The molecule has 5 nitrogen and oxygen atoms in total. The van der Waals surface area contributed by atoms with Gasteiger partial charge in [-0.05, 0) is 18.2 Å². The van der Waals surface area contributed by atoms with Crippen LogP contribution in [0.3, 0.4) is 0 Å². The van der Waals surface area contributed by atoms with E-state index in [1.54, 1.807) is 14.2 Å². The number of carbonyl (C=O) groups is 1. The Balaban J connectivity index is 2.02. The second-order valence-corrected chi connectivity index (χ2v) is 4.41. The number of aliphatic carboxylic acids is 1. The lowest BCUT2D eigenvalue weighted by molar-refractivity contribution is -0.147. The molecule has 1 aromatic rings. The predicted molar refractivity (Wildman–Crippen MR) is 65.9 cm³/mol. The first kappa shape index (κ1) is 12.7. The zero-order chi connectivity index (χ0) is 13.1. The summed E-state index contributed by atoms with van der Waals surface area (Å²) < 4.78 is 10.5. The number of carboxylic acids is 1. The molecule has 98 valence electrons. The highest BCUT2D eigenvalue weighted by Gasteiger charge is 2.32. The third kappa shape index (κ3) is 2.56. The molecule has 1 N–H and O–H groups in total. The Morgan fingerprint density at radius 3 is 2.67 bits per heavy atom. The van der Waals surface area contributed by atoms with Crippen LogP contribution in [0.15, 0.2) is 18.2 Å². The van der Waals surface area contributed by atoms with Gasteiger partial charge >= 0.3 is 5.97 Å². The van der Waals surface area contributed by atoms with Gasteiger partial charge in [-0.25, -0.2) is 0 Å². The lowest BCUT2D eigenvalue weighted by atomic mass is 9.99. The summed E-state index contributed by atoms with van der Waals surface area (Å²) in [4.78, 5) is 12.8. The molecule has 0 spiro atoms. The summed E-state index contributed by atoms with van der Waals surface area (Å²) in [5, 5.41) is 8.83. The van der Waals surface area contributed by atoms with Crippen molar-refractivity contribution in [2.45, 2.75) is 6.54 Å². The SMILES string of the molecule is COc1ccc(OC)c(CN2CC(C(=O)O)C2)c1. The molecular formula is C13H17NO4. The van der Waals surface area contributed by atoms with E-state index in [9.17, 15) is 4.79 Å². The second kappa shape index (κ2) is 5.27. The van der Waals surface area contributed by atoms with E-state index in [0.29, 0.717) is 19.6 Å². The van der Waals surface area contributed by atoms with Crippen molar-refractivity contribution in [2.24, 2.45) is 5.92 Å². The maximum atomic E-state index is 10.7. The summed E-state index contributed by atoms with van der Waals surface area (Å²) in [5.41, 5.74) is 1.01. The third-order valence-electron chi connectivity index (χ3n) is 3.19. The summed E-state index contributed by atoms with van der Waals surface area (Å²) in [7, 11) is 3.25. The minimum absolute atomic E-state index is 0.235. The quantitative estimate of drug-likeness (QED) is 0.852. The highest BCUT2D eigenvalue weighted by Crippen LogP contribution is 2.27. The van der Waals surface area contributed by atoms with Crippen LogP contribution in [0.5, 0.6) is 11.5 Å². The maximum absolute atomic E-state index is 10.7. The first-order valence-electron chi connectivity index (χ1n) is 5.80. The molecule has 1 saturated heterocycles. The second-order valence-electron chi connectivity index (χ2n) is 4.41. The van der Waals surface area contributed by atoms with Crippen molar-refractivity contribution in [3.05, 3.63) is 23.8 Å². The van der Waals surface area contributed by atoms with E-state index in [2.05, 4.69) is 4.90 Å². The average molecular weight is 251 g/mol. The standard InChI is InChI=1S/C13H17NO4/c1-17-11-3-4-12(18-2)9(5-11)6-14-7-10(8-14)13(15)16/h3-5,10H,6-8H2,1-2H3,(H,15,16). The fraction of sp³-hybridized carbons (Fsp3) is 0.462. The molecule has 1 aliphatic rings. The highest BCUT2D eigenvalue weighted by atomic mass is 16.5. The van der Waals surface area contributed by atoms with Crippen LogP contribution < -0.4 is 9.47 Å². The van der Waals surface area contributed by atoms with E-state index in [1.165, 1.54) is 0 Å². The van der Waals surface area contributed by atoms with Gasteiger partial charge in [0.15, 0.2) is 0 Å². The van der Waals surface area contributed by atoms with Crippen molar-refractivity contribution < 1.29 is 19.4 Å². The van der Waals surface area contributed by atoms with E-state index in [-0.39, 0.29) is 5.92 Å². The van der Waals surface area contributed by atoms with Crippen LogP contribution in [0.25, 0.3) is 0 Å². The van der Waals surface area contributed by atoms with Crippen LogP contribution in [-0.4, -0.2) is 43.3 Å². The smallest absolute Gasteiger partial charge is 0.309 e. The van der Waals surface area contributed by atoms with Crippen molar-refractivity contribution in [3.8, 4) is 11.5 Å². The van der Waals surface area contributed by atoms with Crippen LogP contribution in [-0.2, 0) is 11.3 Å². The number of ether oxygens (including phenoxy) is 2. The summed E-state index contributed by atoms with van der Waals surface area (Å²) >= 11 is 0. The molecule has 18 heavy (non-hydrogen) atoms. The maximum Gasteiger partial charge on any atom is 0.309 e. The predicted octanol–water partition coefficient (Wildman–Crippen LogP) is 1.22. The lowest BCUT2D eigenvalue weighted by Gasteiger charge is -2.36. The molecule has 0 saturated carbocycles. The molecule has 5 heteroatoms. The number of nitrogens with zero attached hydrogens (tertiary/aromatic N) is 1. The number of carboxylic acid groups (broad SMARTS) is 1. The number of likely N-dealkylation sites (tertiary alicyclic amines) is 1. The molecule has 0 atom stereocenters. The van der Waals surface area contributed by atoms with Crippen molar-refractivity contribution in [2.75, 3.05) is 27.3 Å². The van der Waals surface area contributed by atoms with Gasteiger partial charge in [0.2, 0.25) is 0 Å². The largest absolute Gasteiger partial charge is 0.497 e. The molecule has 0 unspecified atom stereocenters. The van der Waals surface area contributed by atoms with E-state index in [0.717, 1.165) is 17.1 Å². The van der Waals surface area contributed by atoms with Gasteiger partial charge in [0.05, 0.1) is 20.1 Å².